The van der Waals surface area contributed by atoms with Crippen LogP contribution in [0.2, 0.25) is 0 Å². The lowest BCUT2D eigenvalue weighted by Gasteiger charge is -2.27. The van der Waals surface area contributed by atoms with Crippen LogP contribution in [-0.4, -0.2) is 47.0 Å². The minimum absolute atomic E-state index is 0.0469. The molecule has 1 aliphatic heterocycles. The number of aliphatic carboxylic acids is 1. The van der Waals surface area contributed by atoms with Gasteiger partial charge in [0, 0.05) is 12.0 Å². The minimum Gasteiger partial charge on any atom is -0.481 e. The molecule has 1 unspecified atom stereocenters. The highest BCUT2D eigenvalue weighted by Gasteiger charge is 2.29. The third-order valence-corrected chi connectivity index (χ3v) is 4.04. The second-order valence-electron chi connectivity index (χ2n) is 6.42. The van der Waals surface area contributed by atoms with Crippen molar-refractivity contribution in [3.05, 3.63) is 11.1 Å². The number of ether oxygens (including phenoxy) is 2. The van der Waals surface area contributed by atoms with Crippen molar-refractivity contribution < 1.29 is 24.2 Å². The fraction of sp³-hybridized carbons (Fsp3) is 0.667. The fourth-order valence-corrected chi connectivity index (χ4v) is 3.02. The van der Waals surface area contributed by atoms with E-state index in [-0.39, 0.29) is 12.5 Å². The van der Waals surface area contributed by atoms with Gasteiger partial charge in [-0.15, -0.1) is 11.3 Å². The fourth-order valence-electron chi connectivity index (χ4n) is 2.20. The van der Waals surface area contributed by atoms with E-state index >= 15 is 0 Å². The van der Waals surface area contributed by atoms with Crippen LogP contribution in [0.25, 0.3) is 0 Å². The Morgan fingerprint density at radius 3 is 2.83 bits per heavy atom. The van der Waals surface area contributed by atoms with Gasteiger partial charge in [-0.05, 0) is 33.6 Å². The third-order valence-electron chi connectivity index (χ3n) is 3.13. The number of carboxylic acids is 1. The number of carbonyl (C=O) groups is 2. The monoisotopic (exact) mass is 342 g/mol. The Labute approximate surface area is 139 Å². The Hall–Kier alpha value is -1.67. The van der Waals surface area contributed by atoms with E-state index < -0.39 is 17.7 Å². The van der Waals surface area contributed by atoms with Crippen molar-refractivity contribution in [3.8, 4) is 0 Å². The van der Waals surface area contributed by atoms with Crippen molar-refractivity contribution in [2.45, 2.75) is 51.7 Å². The number of hydrogen-bond acceptors (Lipinski definition) is 6. The summed E-state index contributed by atoms with van der Waals surface area (Å²) in [6, 6.07) is 0. The van der Waals surface area contributed by atoms with Crippen molar-refractivity contribution in [1.29, 1.82) is 0 Å². The van der Waals surface area contributed by atoms with Crippen LogP contribution in [0.1, 0.15) is 39.3 Å². The molecule has 2 heterocycles. The molecule has 1 atom stereocenters. The number of nitrogens with zero attached hydrogens (tertiary/aromatic N) is 2. The van der Waals surface area contributed by atoms with Gasteiger partial charge in [0.1, 0.15) is 5.60 Å². The smallest absolute Gasteiger partial charge is 0.416 e. The summed E-state index contributed by atoms with van der Waals surface area (Å²) in [6.07, 6.45) is 1.14. The number of amides is 1. The molecular weight excluding hydrogens is 320 g/mol. The average molecular weight is 342 g/mol. The number of anilines is 1. The molecular formula is C15H22N2O5S. The van der Waals surface area contributed by atoms with Gasteiger partial charge in [0.05, 0.1) is 24.8 Å². The standard InChI is InChI=1S/C15H22N2O5S/c1-15(2,3)22-14(20)17(8-11-5-4-6-21-11)13-16-10(9-23-13)7-12(18)19/h9,11H,4-8H2,1-3H3,(H,18,19). The summed E-state index contributed by atoms with van der Waals surface area (Å²) in [7, 11) is 0. The van der Waals surface area contributed by atoms with Gasteiger partial charge in [0.15, 0.2) is 5.13 Å². The highest BCUT2D eigenvalue weighted by molar-refractivity contribution is 7.14. The van der Waals surface area contributed by atoms with Crippen molar-refractivity contribution in [1.82, 2.24) is 4.98 Å². The van der Waals surface area contributed by atoms with Crippen LogP contribution in [0.3, 0.4) is 0 Å². The van der Waals surface area contributed by atoms with Crippen LogP contribution in [-0.2, 0) is 20.7 Å². The van der Waals surface area contributed by atoms with E-state index in [0.717, 1.165) is 12.8 Å². The molecule has 8 heteroatoms. The third kappa shape index (κ3) is 5.47. The van der Waals surface area contributed by atoms with Crippen molar-refractivity contribution in [3.63, 3.8) is 0 Å². The van der Waals surface area contributed by atoms with E-state index in [1.165, 1.54) is 16.2 Å². The first-order chi connectivity index (χ1) is 10.7. The molecule has 0 bridgehead atoms. The van der Waals surface area contributed by atoms with E-state index in [9.17, 15) is 9.59 Å². The maximum Gasteiger partial charge on any atom is 0.416 e. The summed E-state index contributed by atoms with van der Waals surface area (Å²) in [5.41, 5.74) is -0.189. The summed E-state index contributed by atoms with van der Waals surface area (Å²) in [4.78, 5) is 29.0. The van der Waals surface area contributed by atoms with Crippen LogP contribution in [0.4, 0.5) is 9.93 Å². The van der Waals surface area contributed by atoms with Crippen molar-refractivity contribution in [2.75, 3.05) is 18.1 Å². The second-order valence-corrected chi connectivity index (χ2v) is 7.25. The molecule has 0 spiro atoms. The van der Waals surface area contributed by atoms with Crippen LogP contribution >= 0.6 is 11.3 Å². The lowest BCUT2D eigenvalue weighted by Crippen LogP contribution is -2.41. The predicted octanol–water partition coefficient (Wildman–Crippen LogP) is 2.69. The number of rotatable bonds is 5. The zero-order valence-corrected chi connectivity index (χ0v) is 14.4. The molecule has 1 saturated heterocycles. The summed E-state index contributed by atoms with van der Waals surface area (Å²) in [5, 5.41) is 10.9. The zero-order valence-electron chi connectivity index (χ0n) is 13.6. The van der Waals surface area contributed by atoms with E-state index in [2.05, 4.69) is 4.98 Å². The van der Waals surface area contributed by atoms with Crippen LogP contribution in [0.15, 0.2) is 5.38 Å². The molecule has 0 saturated carbocycles. The second kappa shape index (κ2) is 7.27. The van der Waals surface area contributed by atoms with Gasteiger partial charge < -0.3 is 14.6 Å². The van der Waals surface area contributed by atoms with Crippen LogP contribution in [0.5, 0.6) is 0 Å². The highest BCUT2D eigenvalue weighted by atomic mass is 32.1. The largest absolute Gasteiger partial charge is 0.481 e. The zero-order chi connectivity index (χ0) is 17.0. The molecule has 0 radical (unpaired) electrons. The van der Waals surface area contributed by atoms with Gasteiger partial charge in [-0.3, -0.25) is 9.69 Å². The summed E-state index contributed by atoms with van der Waals surface area (Å²) in [6.45, 7) is 6.44. The van der Waals surface area contributed by atoms with Crippen LogP contribution in [0, 0.1) is 0 Å². The average Bonchev–Trinajstić information content (AvgIpc) is 3.04. The highest BCUT2D eigenvalue weighted by Crippen LogP contribution is 2.25. The van der Waals surface area contributed by atoms with Crippen LogP contribution < -0.4 is 4.90 Å². The van der Waals surface area contributed by atoms with Crippen molar-refractivity contribution >= 4 is 28.5 Å². The molecule has 0 aromatic carbocycles. The predicted molar refractivity (Wildman–Crippen MR) is 86.0 cm³/mol. The number of carbonyl (C=O) groups excluding carboxylic acids is 1. The van der Waals surface area contributed by atoms with Gasteiger partial charge in [0.25, 0.3) is 0 Å². The first kappa shape index (κ1) is 17.7. The van der Waals surface area contributed by atoms with E-state index in [1.807, 2.05) is 0 Å². The SMILES string of the molecule is CC(C)(C)OC(=O)N(CC1CCCO1)c1nc(CC(=O)O)cs1. The molecule has 1 amide bonds. The number of hydrogen-bond donors (Lipinski definition) is 1. The summed E-state index contributed by atoms with van der Waals surface area (Å²) >= 11 is 1.23. The molecule has 7 nitrogen and oxygen atoms in total. The summed E-state index contributed by atoms with van der Waals surface area (Å²) in [5.74, 6) is -0.954. The number of carboxylic acid groups (broad SMARTS) is 1. The number of aromatic nitrogens is 1. The molecule has 23 heavy (non-hydrogen) atoms. The molecule has 1 aliphatic rings. The maximum absolute atomic E-state index is 12.5. The Morgan fingerprint density at radius 2 is 2.26 bits per heavy atom. The molecule has 1 aromatic rings. The van der Waals surface area contributed by atoms with Gasteiger partial charge in [-0.25, -0.2) is 9.78 Å². The van der Waals surface area contributed by atoms with E-state index in [1.54, 1.807) is 26.2 Å². The quantitative estimate of drug-likeness (QED) is 0.885. The Morgan fingerprint density at radius 1 is 1.52 bits per heavy atom. The van der Waals surface area contributed by atoms with Gasteiger partial charge in [-0.1, -0.05) is 0 Å². The first-order valence-electron chi connectivity index (χ1n) is 7.53. The maximum atomic E-state index is 12.5. The molecule has 0 aliphatic carbocycles. The Balaban J connectivity index is 2.15. The van der Waals surface area contributed by atoms with Gasteiger partial charge in [0.2, 0.25) is 0 Å². The van der Waals surface area contributed by atoms with Gasteiger partial charge in [-0.2, -0.15) is 0 Å². The normalized spacial score (nSPS) is 18.0. The molecule has 1 aromatic heterocycles. The molecule has 2 rings (SSSR count). The Kier molecular flexibility index (Phi) is 5.59. The van der Waals surface area contributed by atoms with Crippen molar-refractivity contribution in [2.24, 2.45) is 0 Å². The van der Waals surface area contributed by atoms with E-state index in [0.29, 0.717) is 24.0 Å². The topological polar surface area (TPSA) is 89.0 Å². The lowest BCUT2D eigenvalue weighted by atomic mass is 10.2. The van der Waals surface area contributed by atoms with Gasteiger partial charge >= 0.3 is 12.1 Å². The van der Waals surface area contributed by atoms with E-state index in [4.69, 9.17) is 14.6 Å². The summed E-state index contributed by atoms with van der Waals surface area (Å²) < 4.78 is 11.0. The Bertz CT molecular complexity index is 560. The number of thiazole rings is 1. The molecule has 1 N–H and O–H groups in total. The molecule has 1 fully saturated rings. The first-order valence-corrected chi connectivity index (χ1v) is 8.41. The molecule has 128 valence electrons. The lowest BCUT2D eigenvalue weighted by molar-refractivity contribution is -0.136. The minimum atomic E-state index is -0.954.